The summed E-state index contributed by atoms with van der Waals surface area (Å²) in [6, 6.07) is 18.8. The summed E-state index contributed by atoms with van der Waals surface area (Å²) in [6.45, 7) is 3.39. The molecule has 6 heteroatoms. The lowest BCUT2D eigenvalue weighted by molar-refractivity contribution is 0.166. The number of likely N-dealkylation sites (tertiary alicyclic amines) is 1. The first-order valence-corrected chi connectivity index (χ1v) is 9.80. The van der Waals surface area contributed by atoms with E-state index in [-0.39, 0.29) is 5.92 Å². The van der Waals surface area contributed by atoms with Crippen molar-refractivity contribution in [3.05, 3.63) is 82.1 Å². The van der Waals surface area contributed by atoms with Crippen LogP contribution in [0.25, 0.3) is 0 Å². The zero-order chi connectivity index (χ0) is 19.2. The van der Waals surface area contributed by atoms with Crippen LogP contribution in [-0.4, -0.2) is 41.3 Å². The van der Waals surface area contributed by atoms with Crippen molar-refractivity contribution in [3.8, 4) is 5.75 Å². The Hall–Kier alpha value is -2.86. The van der Waals surface area contributed by atoms with E-state index >= 15 is 0 Å². The Kier molecular flexibility index (Phi) is 5.87. The molecule has 1 aromatic heterocycles. The fourth-order valence-corrected chi connectivity index (χ4v) is 3.73. The van der Waals surface area contributed by atoms with Crippen molar-refractivity contribution in [1.82, 2.24) is 15.0 Å². The predicted molar refractivity (Wildman–Crippen MR) is 107 cm³/mol. The van der Waals surface area contributed by atoms with E-state index < -0.39 is 5.76 Å². The van der Waals surface area contributed by atoms with Gasteiger partial charge in [-0.15, -0.1) is 0 Å². The second-order valence-corrected chi connectivity index (χ2v) is 7.27. The molecular formula is C22H25N3O3. The first-order valence-electron chi connectivity index (χ1n) is 9.80. The van der Waals surface area contributed by atoms with E-state index in [1.807, 2.05) is 18.2 Å². The zero-order valence-corrected chi connectivity index (χ0v) is 15.8. The average molecular weight is 379 g/mol. The lowest BCUT2D eigenvalue weighted by Gasteiger charge is -2.31. The van der Waals surface area contributed by atoms with Crippen LogP contribution in [0.1, 0.15) is 35.7 Å². The van der Waals surface area contributed by atoms with Crippen molar-refractivity contribution in [1.29, 1.82) is 0 Å². The second-order valence-electron chi connectivity index (χ2n) is 7.27. The number of benzene rings is 2. The van der Waals surface area contributed by atoms with Crippen LogP contribution in [0.5, 0.6) is 5.75 Å². The molecule has 6 nitrogen and oxygen atoms in total. The summed E-state index contributed by atoms with van der Waals surface area (Å²) in [5.41, 5.74) is 2.59. The molecule has 1 fully saturated rings. The van der Waals surface area contributed by atoms with Gasteiger partial charge in [0, 0.05) is 19.0 Å². The molecule has 0 saturated carbocycles. The molecule has 1 unspecified atom stereocenters. The normalized spacial score (nSPS) is 17.5. The Morgan fingerprint density at radius 1 is 1.11 bits per heavy atom. The van der Waals surface area contributed by atoms with Gasteiger partial charge in [0.25, 0.3) is 0 Å². The molecule has 1 N–H and O–H groups in total. The van der Waals surface area contributed by atoms with Crippen molar-refractivity contribution in [2.24, 2.45) is 0 Å². The summed E-state index contributed by atoms with van der Waals surface area (Å²) in [5.74, 6) is 1.29. The van der Waals surface area contributed by atoms with Gasteiger partial charge in [-0.2, -0.15) is 0 Å². The predicted octanol–water partition coefficient (Wildman–Crippen LogP) is 3.21. The molecule has 4 rings (SSSR count). The van der Waals surface area contributed by atoms with E-state index in [2.05, 4.69) is 56.0 Å². The zero-order valence-electron chi connectivity index (χ0n) is 15.8. The molecule has 0 aliphatic carbocycles. The fraction of sp³-hybridized carbons (Fsp3) is 0.364. The maximum atomic E-state index is 11.2. The number of aromatic amines is 1. The van der Waals surface area contributed by atoms with Crippen molar-refractivity contribution in [3.63, 3.8) is 0 Å². The maximum Gasteiger partial charge on any atom is 0.438 e. The number of ether oxygens (including phenoxy) is 1. The van der Waals surface area contributed by atoms with Gasteiger partial charge < -0.3 is 4.74 Å². The molecule has 0 bridgehead atoms. The summed E-state index contributed by atoms with van der Waals surface area (Å²) >= 11 is 0. The van der Waals surface area contributed by atoms with Crippen LogP contribution in [0.4, 0.5) is 0 Å². The molecule has 1 aliphatic heterocycles. The minimum Gasteiger partial charge on any atom is -0.492 e. The van der Waals surface area contributed by atoms with Gasteiger partial charge in [0.05, 0.1) is 0 Å². The second kappa shape index (κ2) is 8.89. The molecule has 0 radical (unpaired) electrons. The summed E-state index contributed by atoms with van der Waals surface area (Å²) in [5, 5.41) is 3.84. The molecule has 0 amide bonds. The standard InChI is InChI=1S/C22H25N3O3/c26-22-23-21(24-28-22)19-7-4-12-25(16-19)13-14-27-20-10-8-18(9-11-20)15-17-5-2-1-3-6-17/h1-3,5-6,8-11,19H,4,7,12-16H2,(H,23,24,26). The van der Waals surface area contributed by atoms with Crippen molar-refractivity contribution in [2.75, 3.05) is 26.2 Å². The highest BCUT2D eigenvalue weighted by molar-refractivity contribution is 5.31. The van der Waals surface area contributed by atoms with Crippen LogP contribution in [0, 0.1) is 0 Å². The third kappa shape index (κ3) is 4.89. The summed E-state index contributed by atoms with van der Waals surface area (Å²) in [7, 11) is 0. The van der Waals surface area contributed by atoms with E-state index in [1.54, 1.807) is 0 Å². The molecule has 1 saturated heterocycles. The van der Waals surface area contributed by atoms with Gasteiger partial charge in [-0.25, -0.2) is 4.79 Å². The first kappa shape index (κ1) is 18.5. The molecule has 1 aliphatic rings. The van der Waals surface area contributed by atoms with Crippen LogP contribution in [-0.2, 0) is 6.42 Å². The Balaban J connectivity index is 1.24. The van der Waals surface area contributed by atoms with Crippen molar-refractivity contribution >= 4 is 0 Å². The molecule has 2 heterocycles. The van der Waals surface area contributed by atoms with Crippen molar-refractivity contribution < 1.29 is 9.26 Å². The molecule has 1 atom stereocenters. The number of hydrogen-bond donors (Lipinski definition) is 1. The first-order chi connectivity index (χ1) is 13.8. The van der Waals surface area contributed by atoms with Gasteiger partial charge >= 0.3 is 5.76 Å². The van der Waals surface area contributed by atoms with Gasteiger partial charge in [0.2, 0.25) is 0 Å². The highest BCUT2D eigenvalue weighted by Gasteiger charge is 2.24. The van der Waals surface area contributed by atoms with E-state index in [4.69, 9.17) is 4.74 Å². The largest absolute Gasteiger partial charge is 0.492 e. The number of aromatic nitrogens is 2. The molecule has 3 aromatic rings. The number of H-pyrrole nitrogens is 1. The van der Waals surface area contributed by atoms with Gasteiger partial charge in [0.15, 0.2) is 5.82 Å². The fourth-order valence-electron chi connectivity index (χ4n) is 3.73. The molecule has 2 aromatic carbocycles. The smallest absolute Gasteiger partial charge is 0.438 e. The number of nitrogens with one attached hydrogen (secondary N) is 1. The number of nitrogens with zero attached hydrogens (tertiary/aromatic N) is 2. The van der Waals surface area contributed by atoms with Crippen LogP contribution in [0.3, 0.4) is 0 Å². The van der Waals surface area contributed by atoms with Crippen molar-refractivity contribution in [2.45, 2.75) is 25.2 Å². The number of hydrogen-bond acceptors (Lipinski definition) is 5. The van der Waals surface area contributed by atoms with Crippen LogP contribution in [0.2, 0.25) is 0 Å². The van der Waals surface area contributed by atoms with E-state index in [0.717, 1.165) is 44.6 Å². The summed E-state index contributed by atoms with van der Waals surface area (Å²) < 4.78 is 10.6. The third-order valence-corrected chi connectivity index (χ3v) is 5.20. The van der Waals surface area contributed by atoms with Crippen LogP contribution in [0.15, 0.2) is 63.9 Å². The minimum atomic E-state index is -0.480. The minimum absolute atomic E-state index is 0.220. The SMILES string of the molecule is O=c1[nH]c(C2CCCN(CCOc3ccc(Cc4ccccc4)cc3)C2)no1. The Bertz CT molecular complexity index is 918. The van der Waals surface area contributed by atoms with Gasteiger partial charge in [-0.1, -0.05) is 47.6 Å². The summed E-state index contributed by atoms with van der Waals surface area (Å²) in [6.07, 6.45) is 3.02. The lowest BCUT2D eigenvalue weighted by Crippen LogP contribution is -2.37. The maximum absolute atomic E-state index is 11.2. The molecule has 0 spiro atoms. The van der Waals surface area contributed by atoms with E-state index in [0.29, 0.717) is 12.4 Å². The third-order valence-electron chi connectivity index (χ3n) is 5.20. The topological polar surface area (TPSA) is 71.4 Å². The van der Waals surface area contributed by atoms with Crippen LogP contribution < -0.4 is 10.5 Å². The Morgan fingerprint density at radius 2 is 1.89 bits per heavy atom. The van der Waals surface area contributed by atoms with E-state index in [1.165, 1.54) is 11.1 Å². The quantitative estimate of drug-likeness (QED) is 0.682. The number of piperidine rings is 1. The molecular weight excluding hydrogens is 354 g/mol. The Morgan fingerprint density at radius 3 is 2.64 bits per heavy atom. The Labute approximate surface area is 164 Å². The monoisotopic (exact) mass is 379 g/mol. The van der Waals surface area contributed by atoms with Crippen LogP contribution >= 0.6 is 0 Å². The van der Waals surface area contributed by atoms with Gasteiger partial charge in [-0.05, 0) is 49.1 Å². The lowest BCUT2D eigenvalue weighted by atomic mass is 9.97. The highest BCUT2D eigenvalue weighted by Crippen LogP contribution is 2.23. The summed E-state index contributed by atoms with van der Waals surface area (Å²) in [4.78, 5) is 16.2. The molecule has 28 heavy (non-hydrogen) atoms. The van der Waals surface area contributed by atoms with E-state index in [9.17, 15) is 4.79 Å². The number of rotatable bonds is 7. The average Bonchev–Trinajstić information content (AvgIpc) is 3.17. The highest BCUT2D eigenvalue weighted by atomic mass is 16.5. The van der Waals surface area contributed by atoms with Gasteiger partial charge in [0.1, 0.15) is 12.4 Å². The molecule has 146 valence electrons. The van der Waals surface area contributed by atoms with Gasteiger partial charge in [-0.3, -0.25) is 14.4 Å².